The fourth-order valence-electron chi connectivity index (χ4n) is 3.78. The Balaban J connectivity index is 1.74. The Morgan fingerprint density at radius 2 is 2.12 bits per heavy atom. The van der Waals surface area contributed by atoms with Gasteiger partial charge < -0.3 is 20.9 Å². The number of benzene rings is 1. The van der Waals surface area contributed by atoms with E-state index in [2.05, 4.69) is 20.3 Å². The van der Waals surface area contributed by atoms with Crippen LogP contribution in [0.5, 0.6) is 0 Å². The fourth-order valence-corrected chi connectivity index (χ4v) is 4.06. The van der Waals surface area contributed by atoms with Crippen molar-refractivity contribution in [3.8, 4) is 5.82 Å². The van der Waals surface area contributed by atoms with Gasteiger partial charge in [0.05, 0.1) is 6.61 Å². The number of primary amides is 1. The molecule has 174 valence electrons. The molecular weight excluding hydrogens is 451 g/mol. The number of nitrogens with two attached hydrogens (primary N) is 1. The molecule has 1 aliphatic rings. The van der Waals surface area contributed by atoms with E-state index in [0.29, 0.717) is 41.9 Å². The van der Waals surface area contributed by atoms with Crippen LogP contribution in [-0.4, -0.2) is 49.8 Å². The standard InChI is InChI=1S/C22H24ClFN6O3/c1-12-9-26-22(27-15-2-4-33-5-3-15)29-21(12)30-10-18(20(25)32)28-19(30)7-13-6-14(24)8-17(23)16(13)11-31/h6,8-10,15,31H,2-5,7,11H2,1H3,(H2,25,32)(H,26,27,29). The van der Waals surface area contributed by atoms with E-state index in [4.69, 9.17) is 22.1 Å². The van der Waals surface area contributed by atoms with Gasteiger partial charge in [-0.15, -0.1) is 0 Å². The van der Waals surface area contributed by atoms with Crippen molar-refractivity contribution in [3.05, 3.63) is 63.6 Å². The molecule has 1 amide bonds. The highest BCUT2D eigenvalue weighted by molar-refractivity contribution is 6.31. The number of anilines is 1. The van der Waals surface area contributed by atoms with Gasteiger partial charge in [0, 0.05) is 48.7 Å². The molecule has 1 aliphatic heterocycles. The second-order valence-electron chi connectivity index (χ2n) is 7.87. The number of carbonyl (C=O) groups excluding carboxylic acids is 1. The maximum atomic E-state index is 14.0. The molecule has 1 fully saturated rings. The number of carbonyl (C=O) groups is 1. The van der Waals surface area contributed by atoms with E-state index in [0.717, 1.165) is 24.5 Å². The van der Waals surface area contributed by atoms with Crippen LogP contribution in [0.1, 0.15) is 45.8 Å². The van der Waals surface area contributed by atoms with Crippen LogP contribution < -0.4 is 11.1 Å². The quantitative estimate of drug-likeness (QED) is 0.480. The molecule has 9 nitrogen and oxygen atoms in total. The number of nitrogens with zero attached hydrogens (tertiary/aromatic N) is 4. The smallest absolute Gasteiger partial charge is 0.268 e. The van der Waals surface area contributed by atoms with Crippen molar-refractivity contribution < 1.29 is 19.0 Å². The van der Waals surface area contributed by atoms with Crippen molar-refractivity contribution in [3.63, 3.8) is 0 Å². The van der Waals surface area contributed by atoms with Crippen LogP contribution >= 0.6 is 11.6 Å². The first kappa shape index (κ1) is 23.1. The zero-order valence-electron chi connectivity index (χ0n) is 18.0. The molecule has 3 heterocycles. The minimum Gasteiger partial charge on any atom is -0.392 e. The molecular formula is C22H24ClFN6O3. The van der Waals surface area contributed by atoms with Crippen molar-refractivity contribution in [1.82, 2.24) is 19.5 Å². The molecule has 0 saturated carbocycles. The first-order valence-corrected chi connectivity index (χ1v) is 10.9. The topological polar surface area (TPSA) is 128 Å². The third-order valence-electron chi connectivity index (χ3n) is 5.52. The summed E-state index contributed by atoms with van der Waals surface area (Å²) >= 11 is 6.11. The first-order valence-electron chi connectivity index (χ1n) is 10.5. The number of imidazole rings is 1. The maximum absolute atomic E-state index is 14.0. The van der Waals surface area contributed by atoms with E-state index in [1.807, 2.05) is 6.92 Å². The molecule has 4 rings (SSSR count). The largest absolute Gasteiger partial charge is 0.392 e. The van der Waals surface area contributed by atoms with Gasteiger partial charge >= 0.3 is 0 Å². The summed E-state index contributed by atoms with van der Waals surface area (Å²) in [6.45, 7) is 2.81. The molecule has 1 saturated heterocycles. The van der Waals surface area contributed by atoms with Crippen LogP contribution in [0, 0.1) is 12.7 Å². The summed E-state index contributed by atoms with van der Waals surface area (Å²) in [6, 6.07) is 2.62. The lowest BCUT2D eigenvalue weighted by atomic mass is 10.0. The molecule has 0 spiro atoms. The zero-order valence-corrected chi connectivity index (χ0v) is 18.8. The van der Waals surface area contributed by atoms with Crippen LogP contribution in [0.4, 0.5) is 10.3 Å². The zero-order chi connectivity index (χ0) is 23.5. The normalized spacial score (nSPS) is 14.4. The molecule has 0 atom stereocenters. The SMILES string of the molecule is Cc1cnc(NC2CCOCC2)nc1-n1cc(C(N)=O)nc1Cc1cc(F)cc(Cl)c1CO. The van der Waals surface area contributed by atoms with E-state index in [9.17, 15) is 14.3 Å². The van der Waals surface area contributed by atoms with Crippen LogP contribution in [-0.2, 0) is 17.8 Å². The fraction of sp³-hybridized carbons (Fsp3) is 0.364. The predicted octanol–water partition coefficient (Wildman–Crippen LogP) is 2.54. The Morgan fingerprint density at radius 1 is 1.36 bits per heavy atom. The number of halogens is 2. The third kappa shape index (κ3) is 5.13. The first-order chi connectivity index (χ1) is 15.9. The highest BCUT2D eigenvalue weighted by atomic mass is 35.5. The van der Waals surface area contributed by atoms with Gasteiger partial charge in [0.15, 0.2) is 0 Å². The average molecular weight is 475 g/mol. The maximum Gasteiger partial charge on any atom is 0.268 e. The number of aliphatic hydroxyl groups is 1. The second kappa shape index (κ2) is 9.82. The molecule has 2 aromatic heterocycles. The summed E-state index contributed by atoms with van der Waals surface area (Å²) in [5, 5.41) is 13.2. The molecule has 0 bridgehead atoms. The highest BCUT2D eigenvalue weighted by Gasteiger charge is 2.20. The number of aromatic nitrogens is 4. The van der Waals surface area contributed by atoms with E-state index < -0.39 is 11.7 Å². The van der Waals surface area contributed by atoms with Gasteiger partial charge in [0.1, 0.15) is 23.2 Å². The number of rotatable bonds is 7. The van der Waals surface area contributed by atoms with Crippen molar-refractivity contribution in [2.24, 2.45) is 5.73 Å². The highest BCUT2D eigenvalue weighted by Crippen LogP contribution is 2.26. The Labute approximate surface area is 194 Å². The average Bonchev–Trinajstić information content (AvgIpc) is 3.19. The van der Waals surface area contributed by atoms with Gasteiger partial charge in [0.2, 0.25) is 5.95 Å². The lowest BCUT2D eigenvalue weighted by molar-refractivity contribution is 0.0903. The molecule has 0 radical (unpaired) electrons. The van der Waals surface area contributed by atoms with Crippen LogP contribution in [0.3, 0.4) is 0 Å². The van der Waals surface area contributed by atoms with E-state index >= 15 is 0 Å². The molecule has 1 aromatic carbocycles. The number of ether oxygens (including phenoxy) is 1. The number of hydrogen-bond donors (Lipinski definition) is 3. The number of aliphatic hydroxyl groups excluding tert-OH is 1. The Hall–Kier alpha value is -3.08. The Morgan fingerprint density at radius 3 is 2.82 bits per heavy atom. The summed E-state index contributed by atoms with van der Waals surface area (Å²) < 4.78 is 21.1. The monoisotopic (exact) mass is 474 g/mol. The van der Waals surface area contributed by atoms with Gasteiger partial charge in [-0.25, -0.2) is 14.4 Å². The Kier molecular flexibility index (Phi) is 6.87. The molecule has 33 heavy (non-hydrogen) atoms. The molecule has 3 aromatic rings. The van der Waals surface area contributed by atoms with Gasteiger partial charge in [-0.2, -0.15) is 4.98 Å². The lowest BCUT2D eigenvalue weighted by Gasteiger charge is -2.23. The van der Waals surface area contributed by atoms with Crippen LogP contribution in [0.15, 0.2) is 24.5 Å². The van der Waals surface area contributed by atoms with Gasteiger partial charge in [0.25, 0.3) is 5.91 Å². The van der Waals surface area contributed by atoms with Crippen LogP contribution in [0.2, 0.25) is 5.02 Å². The van der Waals surface area contributed by atoms with E-state index in [-0.39, 0.29) is 29.8 Å². The summed E-state index contributed by atoms with van der Waals surface area (Å²) in [4.78, 5) is 25.2. The minimum absolute atomic E-state index is 0.0370. The van der Waals surface area contributed by atoms with Gasteiger partial charge in [-0.3, -0.25) is 9.36 Å². The molecule has 0 aliphatic carbocycles. The number of nitrogens with one attached hydrogen (secondary N) is 1. The van der Waals surface area contributed by atoms with Crippen molar-refractivity contribution in [2.75, 3.05) is 18.5 Å². The predicted molar refractivity (Wildman–Crippen MR) is 120 cm³/mol. The minimum atomic E-state index is -0.707. The van der Waals surface area contributed by atoms with E-state index in [1.54, 1.807) is 10.8 Å². The van der Waals surface area contributed by atoms with Crippen molar-refractivity contribution in [1.29, 1.82) is 0 Å². The Bertz CT molecular complexity index is 1180. The summed E-state index contributed by atoms with van der Waals surface area (Å²) in [6.07, 6.45) is 4.95. The van der Waals surface area contributed by atoms with Gasteiger partial charge in [-0.05, 0) is 43.0 Å². The van der Waals surface area contributed by atoms with Crippen molar-refractivity contribution >= 4 is 23.5 Å². The third-order valence-corrected chi connectivity index (χ3v) is 5.86. The second-order valence-corrected chi connectivity index (χ2v) is 8.28. The van der Waals surface area contributed by atoms with Gasteiger partial charge in [-0.1, -0.05) is 11.6 Å². The molecule has 0 unspecified atom stereocenters. The lowest BCUT2D eigenvalue weighted by Crippen LogP contribution is -2.28. The molecule has 4 N–H and O–H groups in total. The summed E-state index contributed by atoms with van der Waals surface area (Å²) in [5.74, 6) is 0.0812. The summed E-state index contributed by atoms with van der Waals surface area (Å²) in [5.41, 5.74) is 7.07. The van der Waals surface area contributed by atoms with Crippen LogP contribution in [0.25, 0.3) is 5.82 Å². The number of aryl methyl sites for hydroxylation is 1. The summed E-state index contributed by atoms with van der Waals surface area (Å²) in [7, 11) is 0. The molecule has 11 heteroatoms. The van der Waals surface area contributed by atoms with E-state index in [1.165, 1.54) is 12.3 Å². The van der Waals surface area contributed by atoms with Crippen molar-refractivity contribution in [2.45, 2.75) is 38.8 Å². The number of hydrogen-bond acceptors (Lipinski definition) is 7. The number of amides is 1.